The second-order valence-electron chi connectivity index (χ2n) is 3.35. The molecule has 0 atom stereocenters. The highest BCUT2D eigenvalue weighted by Crippen LogP contribution is 2.08. The number of hydrogen-bond acceptors (Lipinski definition) is 4. The molecule has 5 heteroatoms. The summed E-state index contributed by atoms with van der Waals surface area (Å²) in [6.07, 6.45) is 4.89. The van der Waals surface area contributed by atoms with Crippen molar-refractivity contribution >= 4 is 17.5 Å². The van der Waals surface area contributed by atoms with E-state index in [1.807, 2.05) is 19.1 Å². The largest absolute Gasteiger partial charge is 0.349 e. The zero-order valence-electron chi connectivity index (χ0n) is 8.81. The molecule has 0 spiro atoms. The quantitative estimate of drug-likeness (QED) is 0.886. The molecule has 0 fully saturated rings. The maximum atomic E-state index is 5.69. The standard InChI is InChI=1S/C11H11ClN4/c1-8-3-2-4-13-10(8)7-16-11-14-5-9(12)6-15-11/h2-6H,7H2,1H3,(H,14,15,16). The van der Waals surface area contributed by atoms with Crippen molar-refractivity contribution in [3.63, 3.8) is 0 Å². The van der Waals surface area contributed by atoms with Gasteiger partial charge in [-0.2, -0.15) is 0 Å². The predicted molar refractivity (Wildman–Crippen MR) is 63.3 cm³/mol. The van der Waals surface area contributed by atoms with Crippen molar-refractivity contribution in [2.75, 3.05) is 5.32 Å². The monoisotopic (exact) mass is 234 g/mol. The Kier molecular flexibility index (Phi) is 3.31. The molecule has 16 heavy (non-hydrogen) atoms. The van der Waals surface area contributed by atoms with E-state index in [2.05, 4.69) is 20.3 Å². The van der Waals surface area contributed by atoms with Gasteiger partial charge in [-0.25, -0.2) is 9.97 Å². The van der Waals surface area contributed by atoms with Gasteiger partial charge in [0.15, 0.2) is 0 Å². The van der Waals surface area contributed by atoms with E-state index in [1.165, 1.54) is 0 Å². The van der Waals surface area contributed by atoms with Gasteiger partial charge in [-0.05, 0) is 18.6 Å². The van der Waals surface area contributed by atoms with Crippen LogP contribution in [0.4, 0.5) is 5.95 Å². The van der Waals surface area contributed by atoms with Crippen molar-refractivity contribution in [1.29, 1.82) is 0 Å². The van der Waals surface area contributed by atoms with Crippen LogP contribution in [0.15, 0.2) is 30.7 Å². The lowest BCUT2D eigenvalue weighted by molar-refractivity contribution is 0.983. The van der Waals surface area contributed by atoms with Crippen LogP contribution in [0.2, 0.25) is 5.02 Å². The van der Waals surface area contributed by atoms with Crippen LogP contribution in [-0.2, 0) is 6.54 Å². The number of aryl methyl sites for hydroxylation is 1. The van der Waals surface area contributed by atoms with E-state index in [-0.39, 0.29) is 0 Å². The summed E-state index contributed by atoms with van der Waals surface area (Å²) < 4.78 is 0. The first kappa shape index (κ1) is 10.8. The molecule has 1 N–H and O–H groups in total. The fourth-order valence-electron chi connectivity index (χ4n) is 1.27. The maximum Gasteiger partial charge on any atom is 0.222 e. The van der Waals surface area contributed by atoms with E-state index in [0.717, 1.165) is 11.3 Å². The smallest absolute Gasteiger partial charge is 0.222 e. The Morgan fingerprint density at radius 3 is 2.69 bits per heavy atom. The Bertz CT molecular complexity index is 470. The molecule has 0 amide bonds. The Morgan fingerprint density at radius 2 is 2.00 bits per heavy atom. The van der Waals surface area contributed by atoms with Crippen LogP contribution >= 0.6 is 11.6 Å². The summed E-state index contributed by atoms with van der Waals surface area (Å²) in [4.78, 5) is 12.3. The summed E-state index contributed by atoms with van der Waals surface area (Å²) >= 11 is 5.69. The van der Waals surface area contributed by atoms with Crippen LogP contribution in [0, 0.1) is 6.92 Å². The molecule has 0 aliphatic carbocycles. The Hall–Kier alpha value is -1.68. The van der Waals surface area contributed by atoms with Gasteiger partial charge in [-0.1, -0.05) is 17.7 Å². The highest BCUT2D eigenvalue weighted by atomic mass is 35.5. The van der Waals surface area contributed by atoms with Gasteiger partial charge in [0.2, 0.25) is 5.95 Å². The second-order valence-corrected chi connectivity index (χ2v) is 3.78. The molecule has 82 valence electrons. The van der Waals surface area contributed by atoms with E-state index in [0.29, 0.717) is 17.5 Å². The van der Waals surface area contributed by atoms with E-state index < -0.39 is 0 Å². The molecule has 2 heterocycles. The van der Waals surface area contributed by atoms with E-state index in [4.69, 9.17) is 11.6 Å². The van der Waals surface area contributed by atoms with E-state index >= 15 is 0 Å². The van der Waals surface area contributed by atoms with Crippen molar-refractivity contribution in [3.8, 4) is 0 Å². The Morgan fingerprint density at radius 1 is 1.25 bits per heavy atom. The normalized spacial score (nSPS) is 10.1. The van der Waals surface area contributed by atoms with Crippen molar-refractivity contribution < 1.29 is 0 Å². The third kappa shape index (κ3) is 2.67. The van der Waals surface area contributed by atoms with Crippen LogP contribution in [0.5, 0.6) is 0 Å². The van der Waals surface area contributed by atoms with Crippen molar-refractivity contribution in [3.05, 3.63) is 47.0 Å². The molecule has 0 aliphatic heterocycles. The topological polar surface area (TPSA) is 50.7 Å². The third-order valence-corrected chi connectivity index (χ3v) is 2.35. The van der Waals surface area contributed by atoms with Crippen LogP contribution in [0.25, 0.3) is 0 Å². The maximum absolute atomic E-state index is 5.69. The van der Waals surface area contributed by atoms with Gasteiger partial charge in [-0.3, -0.25) is 4.98 Å². The minimum Gasteiger partial charge on any atom is -0.349 e. The molecule has 2 rings (SSSR count). The van der Waals surface area contributed by atoms with Crippen LogP contribution in [0.1, 0.15) is 11.3 Å². The molecule has 0 aliphatic rings. The van der Waals surface area contributed by atoms with Crippen molar-refractivity contribution in [2.24, 2.45) is 0 Å². The number of rotatable bonds is 3. The highest BCUT2D eigenvalue weighted by molar-refractivity contribution is 6.30. The second kappa shape index (κ2) is 4.90. The lowest BCUT2D eigenvalue weighted by Crippen LogP contribution is -2.05. The number of aromatic nitrogens is 3. The SMILES string of the molecule is Cc1cccnc1CNc1ncc(Cl)cn1. The molecule has 0 aromatic carbocycles. The van der Waals surface area contributed by atoms with E-state index in [1.54, 1.807) is 18.6 Å². The molecule has 4 nitrogen and oxygen atoms in total. The third-order valence-electron chi connectivity index (χ3n) is 2.15. The Balaban J connectivity index is 2.02. The van der Waals surface area contributed by atoms with Gasteiger partial charge in [-0.15, -0.1) is 0 Å². The molecular formula is C11H11ClN4. The van der Waals surface area contributed by atoms with Gasteiger partial charge < -0.3 is 5.32 Å². The van der Waals surface area contributed by atoms with Gasteiger partial charge in [0.1, 0.15) is 0 Å². The van der Waals surface area contributed by atoms with Crippen LogP contribution < -0.4 is 5.32 Å². The molecule has 0 bridgehead atoms. The van der Waals surface area contributed by atoms with Crippen LogP contribution in [-0.4, -0.2) is 15.0 Å². The van der Waals surface area contributed by atoms with Crippen molar-refractivity contribution in [2.45, 2.75) is 13.5 Å². The average molecular weight is 235 g/mol. The number of hydrogen-bond donors (Lipinski definition) is 1. The zero-order valence-corrected chi connectivity index (χ0v) is 9.57. The molecular weight excluding hydrogens is 224 g/mol. The molecule has 0 radical (unpaired) electrons. The predicted octanol–water partition coefficient (Wildman–Crippen LogP) is 2.45. The summed E-state index contributed by atoms with van der Waals surface area (Å²) in [7, 11) is 0. The van der Waals surface area contributed by atoms with Gasteiger partial charge in [0.25, 0.3) is 0 Å². The van der Waals surface area contributed by atoms with Gasteiger partial charge in [0, 0.05) is 6.20 Å². The summed E-state index contributed by atoms with van der Waals surface area (Å²) in [6, 6.07) is 3.93. The minimum atomic E-state index is 0.527. The first-order valence-electron chi connectivity index (χ1n) is 4.87. The summed E-state index contributed by atoms with van der Waals surface area (Å²) in [5, 5.41) is 3.61. The van der Waals surface area contributed by atoms with Gasteiger partial charge in [0.05, 0.1) is 29.7 Å². The highest BCUT2D eigenvalue weighted by Gasteiger charge is 2.00. The molecule has 2 aromatic heterocycles. The fourth-order valence-corrected chi connectivity index (χ4v) is 1.37. The number of pyridine rings is 1. The summed E-state index contributed by atoms with van der Waals surface area (Å²) in [6.45, 7) is 2.63. The lowest BCUT2D eigenvalue weighted by Gasteiger charge is -2.05. The Labute approximate surface area is 98.7 Å². The minimum absolute atomic E-state index is 0.527. The summed E-state index contributed by atoms with van der Waals surface area (Å²) in [5.74, 6) is 0.550. The summed E-state index contributed by atoms with van der Waals surface area (Å²) in [5.41, 5.74) is 2.13. The number of nitrogens with one attached hydrogen (secondary N) is 1. The molecule has 0 saturated heterocycles. The lowest BCUT2D eigenvalue weighted by atomic mass is 10.2. The average Bonchev–Trinajstić information content (AvgIpc) is 2.30. The molecule has 2 aromatic rings. The van der Waals surface area contributed by atoms with Crippen molar-refractivity contribution in [1.82, 2.24) is 15.0 Å². The van der Waals surface area contributed by atoms with E-state index in [9.17, 15) is 0 Å². The van der Waals surface area contributed by atoms with Gasteiger partial charge >= 0.3 is 0 Å². The molecule has 0 unspecified atom stereocenters. The first-order valence-corrected chi connectivity index (χ1v) is 5.25. The first-order chi connectivity index (χ1) is 7.75. The van der Waals surface area contributed by atoms with Crippen LogP contribution in [0.3, 0.4) is 0 Å². The number of anilines is 1. The fraction of sp³-hybridized carbons (Fsp3) is 0.182. The number of halogens is 1. The zero-order chi connectivity index (χ0) is 11.4. The number of nitrogens with zero attached hydrogens (tertiary/aromatic N) is 3. The molecule has 0 saturated carbocycles.